The first-order chi connectivity index (χ1) is 15.3. The van der Waals surface area contributed by atoms with Crippen LogP contribution in [0, 0.1) is 20.8 Å². The Labute approximate surface area is 194 Å². The first-order valence-electron chi connectivity index (χ1n) is 9.93. The molecule has 1 amide bonds. The summed E-state index contributed by atoms with van der Waals surface area (Å²) in [4.78, 5) is 28.6. The van der Waals surface area contributed by atoms with Crippen LogP contribution in [0.5, 0.6) is 5.75 Å². The fraction of sp³-hybridized carbons (Fsp3) is 0.381. The van der Waals surface area contributed by atoms with Crippen molar-refractivity contribution in [3.05, 3.63) is 45.7 Å². The van der Waals surface area contributed by atoms with Gasteiger partial charge in [0.1, 0.15) is 17.2 Å². The minimum atomic E-state index is -0.471. The van der Waals surface area contributed by atoms with Crippen molar-refractivity contribution in [2.45, 2.75) is 46.0 Å². The zero-order chi connectivity index (χ0) is 23.3. The standard InChI is InChI=1S/C21H25N5O4S2/c1-6-26-16(10-30-15-9-7-8-12(2)13(15)3)24-25-21(26)31-11-17(27)23-20-22-14(4)18(32-20)19(28)29-5/h7-9H,6,10-11H2,1-5H3,(H,22,23,27). The van der Waals surface area contributed by atoms with Crippen molar-refractivity contribution in [2.75, 3.05) is 18.2 Å². The van der Waals surface area contributed by atoms with Crippen molar-refractivity contribution in [3.63, 3.8) is 0 Å². The van der Waals surface area contributed by atoms with Gasteiger partial charge in [-0.15, -0.1) is 10.2 Å². The van der Waals surface area contributed by atoms with Crippen LogP contribution in [0.4, 0.5) is 5.13 Å². The smallest absolute Gasteiger partial charge is 0.350 e. The van der Waals surface area contributed by atoms with Gasteiger partial charge in [0.05, 0.1) is 18.6 Å². The molecule has 0 radical (unpaired) electrons. The lowest BCUT2D eigenvalue weighted by atomic mass is 10.1. The van der Waals surface area contributed by atoms with Crippen molar-refractivity contribution in [2.24, 2.45) is 0 Å². The highest BCUT2D eigenvalue weighted by atomic mass is 32.2. The fourth-order valence-corrected chi connectivity index (χ4v) is 4.61. The number of benzene rings is 1. The number of aromatic nitrogens is 4. The van der Waals surface area contributed by atoms with E-state index in [0.29, 0.717) is 33.2 Å². The van der Waals surface area contributed by atoms with Crippen LogP contribution in [-0.2, 0) is 22.7 Å². The molecule has 1 N–H and O–H groups in total. The van der Waals surface area contributed by atoms with Gasteiger partial charge in [0.15, 0.2) is 16.1 Å². The SMILES string of the molecule is CCn1c(COc2cccc(C)c2C)nnc1SCC(=O)Nc1nc(C)c(C(=O)OC)s1. The Balaban J connectivity index is 1.59. The van der Waals surface area contributed by atoms with Gasteiger partial charge >= 0.3 is 5.97 Å². The first kappa shape index (κ1) is 23.7. The summed E-state index contributed by atoms with van der Waals surface area (Å²) in [6.07, 6.45) is 0. The van der Waals surface area contributed by atoms with E-state index >= 15 is 0 Å². The summed E-state index contributed by atoms with van der Waals surface area (Å²) in [6.45, 7) is 8.68. The molecule has 0 unspecified atom stereocenters. The monoisotopic (exact) mass is 475 g/mol. The maximum absolute atomic E-state index is 12.4. The quantitative estimate of drug-likeness (QED) is 0.368. The molecule has 2 aromatic heterocycles. The zero-order valence-corrected chi connectivity index (χ0v) is 20.2. The van der Waals surface area contributed by atoms with E-state index in [1.807, 2.05) is 43.5 Å². The molecule has 0 atom stereocenters. The largest absolute Gasteiger partial charge is 0.485 e. The Morgan fingerprint density at radius 2 is 2.00 bits per heavy atom. The van der Waals surface area contributed by atoms with Crippen LogP contribution in [-0.4, -0.2) is 44.5 Å². The Morgan fingerprint density at radius 1 is 1.22 bits per heavy atom. The predicted octanol–water partition coefficient (Wildman–Crippen LogP) is 3.78. The number of esters is 1. The van der Waals surface area contributed by atoms with E-state index in [1.54, 1.807) is 6.92 Å². The van der Waals surface area contributed by atoms with E-state index in [1.165, 1.54) is 18.9 Å². The molecule has 3 rings (SSSR count). The number of hydrogen-bond acceptors (Lipinski definition) is 9. The highest BCUT2D eigenvalue weighted by Gasteiger charge is 2.18. The fourth-order valence-electron chi connectivity index (χ4n) is 2.89. The van der Waals surface area contributed by atoms with E-state index in [2.05, 4.69) is 20.5 Å². The first-order valence-corrected chi connectivity index (χ1v) is 11.7. The van der Waals surface area contributed by atoms with Crippen molar-refractivity contribution in [1.29, 1.82) is 0 Å². The summed E-state index contributed by atoms with van der Waals surface area (Å²) in [5, 5.41) is 12.1. The summed E-state index contributed by atoms with van der Waals surface area (Å²) in [6, 6.07) is 5.93. The topological polar surface area (TPSA) is 108 Å². The van der Waals surface area contributed by atoms with Gasteiger partial charge in [-0.3, -0.25) is 4.79 Å². The second-order valence-corrected chi connectivity index (χ2v) is 8.83. The third-order valence-corrected chi connectivity index (χ3v) is 6.79. The lowest BCUT2D eigenvalue weighted by molar-refractivity contribution is -0.113. The van der Waals surface area contributed by atoms with Crippen LogP contribution < -0.4 is 10.1 Å². The van der Waals surface area contributed by atoms with Crippen molar-refractivity contribution < 1.29 is 19.1 Å². The van der Waals surface area contributed by atoms with Crippen molar-refractivity contribution in [3.8, 4) is 5.75 Å². The van der Waals surface area contributed by atoms with Gasteiger partial charge in [-0.1, -0.05) is 35.2 Å². The lowest BCUT2D eigenvalue weighted by Gasteiger charge is -2.11. The van der Waals surface area contributed by atoms with E-state index in [0.717, 1.165) is 28.2 Å². The lowest BCUT2D eigenvalue weighted by Crippen LogP contribution is -2.14. The highest BCUT2D eigenvalue weighted by Crippen LogP contribution is 2.25. The molecule has 0 aliphatic heterocycles. The molecule has 9 nitrogen and oxygen atoms in total. The number of methoxy groups -OCH3 is 1. The van der Waals surface area contributed by atoms with Gasteiger partial charge in [-0.2, -0.15) is 0 Å². The molecular formula is C21H25N5O4S2. The Morgan fingerprint density at radius 3 is 2.72 bits per heavy atom. The molecule has 2 heterocycles. The van der Waals surface area contributed by atoms with E-state index in [4.69, 9.17) is 9.47 Å². The summed E-state index contributed by atoms with van der Waals surface area (Å²) >= 11 is 2.36. The van der Waals surface area contributed by atoms with E-state index < -0.39 is 5.97 Å². The van der Waals surface area contributed by atoms with Gasteiger partial charge in [0.2, 0.25) is 5.91 Å². The third kappa shape index (κ3) is 5.46. The average Bonchev–Trinajstić information content (AvgIpc) is 3.34. The van der Waals surface area contributed by atoms with E-state index in [-0.39, 0.29) is 18.3 Å². The Bertz CT molecular complexity index is 1130. The normalized spacial score (nSPS) is 10.8. The molecule has 0 saturated carbocycles. The molecule has 32 heavy (non-hydrogen) atoms. The predicted molar refractivity (Wildman–Crippen MR) is 123 cm³/mol. The van der Waals surface area contributed by atoms with Gasteiger partial charge in [0.25, 0.3) is 0 Å². The summed E-state index contributed by atoms with van der Waals surface area (Å²) < 4.78 is 12.6. The maximum Gasteiger partial charge on any atom is 0.350 e. The number of rotatable bonds is 9. The number of nitrogens with zero attached hydrogens (tertiary/aromatic N) is 4. The second kappa shape index (κ2) is 10.6. The van der Waals surface area contributed by atoms with Crippen LogP contribution in [0.2, 0.25) is 0 Å². The average molecular weight is 476 g/mol. The summed E-state index contributed by atoms with van der Waals surface area (Å²) in [7, 11) is 1.31. The molecule has 170 valence electrons. The van der Waals surface area contributed by atoms with Crippen LogP contribution in [0.25, 0.3) is 0 Å². The van der Waals surface area contributed by atoms with E-state index in [9.17, 15) is 9.59 Å². The Kier molecular flexibility index (Phi) is 7.86. The molecular weight excluding hydrogens is 450 g/mol. The van der Waals surface area contributed by atoms with Gasteiger partial charge in [-0.25, -0.2) is 9.78 Å². The number of thiazole rings is 1. The minimum absolute atomic E-state index is 0.127. The second-order valence-electron chi connectivity index (χ2n) is 6.89. The Hall–Kier alpha value is -2.92. The number of aryl methyl sites for hydroxylation is 2. The minimum Gasteiger partial charge on any atom is -0.485 e. The number of anilines is 1. The summed E-state index contributed by atoms with van der Waals surface area (Å²) in [5.74, 6) is 0.909. The number of carbonyl (C=O) groups excluding carboxylic acids is 2. The third-order valence-electron chi connectivity index (χ3n) is 4.77. The van der Waals surface area contributed by atoms with Crippen molar-refractivity contribution in [1.82, 2.24) is 19.7 Å². The molecule has 0 spiro atoms. The molecule has 0 fully saturated rings. The number of hydrogen-bond donors (Lipinski definition) is 1. The summed E-state index contributed by atoms with van der Waals surface area (Å²) in [5.41, 5.74) is 2.77. The zero-order valence-electron chi connectivity index (χ0n) is 18.6. The maximum atomic E-state index is 12.4. The van der Waals surface area contributed by atoms with Crippen LogP contribution in [0.3, 0.4) is 0 Å². The van der Waals surface area contributed by atoms with Crippen molar-refractivity contribution >= 4 is 40.1 Å². The van der Waals surface area contributed by atoms with Gasteiger partial charge < -0.3 is 19.4 Å². The number of thioether (sulfide) groups is 1. The number of nitrogens with one attached hydrogen (secondary N) is 1. The van der Waals surface area contributed by atoms with Crippen LogP contribution in [0.15, 0.2) is 23.4 Å². The molecule has 0 saturated heterocycles. The number of carbonyl (C=O) groups is 2. The number of amides is 1. The molecule has 0 bridgehead atoms. The molecule has 3 aromatic rings. The van der Waals surface area contributed by atoms with Gasteiger partial charge in [-0.05, 0) is 44.9 Å². The molecule has 1 aromatic carbocycles. The van der Waals surface area contributed by atoms with Crippen LogP contribution in [0.1, 0.15) is 39.2 Å². The molecule has 11 heteroatoms. The number of ether oxygens (including phenoxy) is 2. The van der Waals surface area contributed by atoms with Crippen LogP contribution >= 0.6 is 23.1 Å². The molecule has 0 aliphatic rings. The van der Waals surface area contributed by atoms with Gasteiger partial charge in [0, 0.05) is 6.54 Å². The molecule has 0 aliphatic carbocycles. The highest BCUT2D eigenvalue weighted by molar-refractivity contribution is 7.99.